The fraction of sp³-hybridized carbons (Fsp3) is 0.200. The van der Waals surface area contributed by atoms with Crippen molar-refractivity contribution in [2.24, 2.45) is 0 Å². The third-order valence-electron chi connectivity index (χ3n) is 2.65. The second-order valence-corrected chi connectivity index (χ2v) is 4.32. The molecular formula is C15H14O3. The third-order valence-corrected chi connectivity index (χ3v) is 2.65. The van der Waals surface area contributed by atoms with Crippen LogP contribution in [-0.4, -0.2) is 18.4 Å². The molecule has 0 radical (unpaired) electrons. The van der Waals surface area contributed by atoms with Gasteiger partial charge in [0.1, 0.15) is 0 Å². The van der Waals surface area contributed by atoms with E-state index in [2.05, 4.69) is 0 Å². The molecule has 0 N–H and O–H groups in total. The molecule has 2 aromatic carbocycles. The number of carbonyl (C=O) groups excluding carboxylic acids is 2. The molecule has 0 aliphatic heterocycles. The predicted molar refractivity (Wildman–Crippen MR) is 69.9 cm³/mol. The molecule has 0 unspecified atom stereocenters. The molecule has 0 aromatic heterocycles. The van der Waals surface area contributed by atoms with E-state index in [1.165, 1.54) is 0 Å². The molecule has 0 amide bonds. The molecule has 2 rings (SSSR count). The van der Waals surface area contributed by atoms with Gasteiger partial charge in [-0.15, -0.1) is 0 Å². The summed E-state index contributed by atoms with van der Waals surface area (Å²) in [6.45, 7) is 3.61. The van der Waals surface area contributed by atoms with Gasteiger partial charge in [0.05, 0.1) is 11.7 Å². The van der Waals surface area contributed by atoms with Gasteiger partial charge in [-0.1, -0.05) is 30.3 Å². The van der Waals surface area contributed by atoms with E-state index >= 15 is 0 Å². The van der Waals surface area contributed by atoms with Crippen LogP contribution in [0.2, 0.25) is 0 Å². The van der Waals surface area contributed by atoms with Crippen molar-refractivity contribution in [3.05, 3.63) is 47.5 Å². The number of fused-ring (bicyclic) bond motifs is 1. The van der Waals surface area contributed by atoms with Gasteiger partial charge < -0.3 is 4.74 Å². The molecule has 3 heteroatoms. The average Bonchev–Trinajstić information content (AvgIpc) is 2.36. The van der Waals surface area contributed by atoms with Crippen molar-refractivity contribution in [1.29, 1.82) is 0 Å². The molecule has 0 spiro atoms. The molecule has 0 heterocycles. The Labute approximate surface area is 105 Å². The van der Waals surface area contributed by atoms with Crippen molar-refractivity contribution in [3.8, 4) is 0 Å². The molecule has 0 bridgehead atoms. The van der Waals surface area contributed by atoms with Crippen LogP contribution < -0.4 is 0 Å². The highest BCUT2D eigenvalue weighted by molar-refractivity contribution is 6.09. The zero-order chi connectivity index (χ0) is 13.1. The van der Waals surface area contributed by atoms with E-state index in [1.807, 2.05) is 24.3 Å². The molecular weight excluding hydrogens is 228 g/mol. The summed E-state index contributed by atoms with van der Waals surface area (Å²) >= 11 is 0. The molecule has 0 saturated heterocycles. The number of aldehydes is 1. The van der Waals surface area contributed by atoms with Crippen molar-refractivity contribution >= 4 is 23.0 Å². The molecule has 2 aromatic rings. The Balaban J connectivity index is 2.59. The van der Waals surface area contributed by atoms with E-state index in [-0.39, 0.29) is 12.1 Å². The Kier molecular flexibility index (Phi) is 3.42. The molecule has 92 valence electrons. The lowest BCUT2D eigenvalue weighted by atomic mass is 10.0. The van der Waals surface area contributed by atoms with Gasteiger partial charge in [-0.05, 0) is 30.7 Å². The SMILES string of the molecule is CC(C)OC(=O)c1ccc(C=O)c2ccccc12. The van der Waals surface area contributed by atoms with E-state index in [4.69, 9.17) is 4.74 Å². The topological polar surface area (TPSA) is 43.4 Å². The van der Waals surface area contributed by atoms with Gasteiger partial charge in [0.25, 0.3) is 0 Å². The lowest BCUT2D eigenvalue weighted by Crippen LogP contribution is -2.12. The summed E-state index contributed by atoms with van der Waals surface area (Å²) in [6.07, 6.45) is 0.627. The predicted octanol–water partition coefficient (Wildman–Crippen LogP) is 3.22. The lowest BCUT2D eigenvalue weighted by molar-refractivity contribution is 0.0380. The van der Waals surface area contributed by atoms with Gasteiger partial charge >= 0.3 is 5.97 Å². The number of hydrogen-bond acceptors (Lipinski definition) is 3. The van der Waals surface area contributed by atoms with Crippen molar-refractivity contribution < 1.29 is 14.3 Å². The minimum absolute atomic E-state index is 0.165. The summed E-state index contributed by atoms with van der Waals surface area (Å²) in [7, 11) is 0. The molecule has 0 atom stereocenters. The van der Waals surface area contributed by atoms with E-state index < -0.39 is 0 Å². The van der Waals surface area contributed by atoms with Crippen LogP contribution in [0.15, 0.2) is 36.4 Å². The maximum atomic E-state index is 12.0. The molecule has 3 nitrogen and oxygen atoms in total. The van der Waals surface area contributed by atoms with E-state index in [0.29, 0.717) is 11.1 Å². The lowest BCUT2D eigenvalue weighted by Gasteiger charge is -2.10. The fourth-order valence-corrected chi connectivity index (χ4v) is 1.88. The van der Waals surface area contributed by atoms with E-state index in [1.54, 1.807) is 26.0 Å². The largest absolute Gasteiger partial charge is 0.459 e. The van der Waals surface area contributed by atoms with Gasteiger partial charge in [0, 0.05) is 5.56 Å². The van der Waals surface area contributed by atoms with Crippen LogP contribution >= 0.6 is 0 Å². The Morgan fingerprint density at radius 2 is 1.78 bits per heavy atom. The summed E-state index contributed by atoms with van der Waals surface area (Å²) in [4.78, 5) is 22.9. The quantitative estimate of drug-likeness (QED) is 0.613. The average molecular weight is 242 g/mol. The van der Waals surface area contributed by atoms with E-state index in [0.717, 1.165) is 17.1 Å². The van der Waals surface area contributed by atoms with Crippen LogP contribution in [0.25, 0.3) is 10.8 Å². The van der Waals surface area contributed by atoms with Gasteiger partial charge in [-0.25, -0.2) is 4.79 Å². The van der Waals surface area contributed by atoms with Gasteiger partial charge in [0.2, 0.25) is 0 Å². The molecule has 0 aliphatic carbocycles. The van der Waals surface area contributed by atoms with Crippen molar-refractivity contribution in [1.82, 2.24) is 0 Å². The van der Waals surface area contributed by atoms with Crippen molar-refractivity contribution in [2.45, 2.75) is 20.0 Å². The zero-order valence-corrected chi connectivity index (χ0v) is 10.3. The van der Waals surface area contributed by atoms with Gasteiger partial charge in [-0.3, -0.25) is 4.79 Å². The summed E-state index contributed by atoms with van der Waals surface area (Å²) in [6, 6.07) is 10.6. The second-order valence-electron chi connectivity index (χ2n) is 4.32. The van der Waals surface area contributed by atoms with Crippen LogP contribution in [0.3, 0.4) is 0 Å². The first kappa shape index (κ1) is 12.3. The fourth-order valence-electron chi connectivity index (χ4n) is 1.88. The van der Waals surface area contributed by atoms with Crippen LogP contribution in [0.1, 0.15) is 34.6 Å². The highest BCUT2D eigenvalue weighted by atomic mass is 16.5. The first-order valence-corrected chi connectivity index (χ1v) is 5.81. The molecule has 0 saturated carbocycles. The molecule has 0 aliphatic rings. The van der Waals surface area contributed by atoms with Crippen molar-refractivity contribution in [3.63, 3.8) is 0 Å². The summed E-state index contributed by atoms with van der Waals surface area (Å²) in [5.74, 6) is -0.362. The Morgan fingerprint density at radius 3 is 2.39 bits per heavy atom. The minimum atomic E-state index is -0.362. The molecule has 18 heavy (non-hydrogen) atoms. The van der Waals surface area contributed by atoms with Crippen LogP contribution in [0.5, 0.6) is 0 Å². The summed E-state index contributed by atoms with van der Waals surface area (Å²) in [5.41, 5.74) is 1.07. The minimum Gasteiger partial charge on any atom is -0.459 e. The monoisotopic (exact) mass is 242 g/mol. The summed E-state index contributed by atoms with van der Waals surface area (Å²) in [5, 5.41) is 1.51. The van der Waals surface area contributed by atoms with Gasteiger partial charge in [0.15, 0.2) is 6.29 Å². The normalized spacial score (nSPS) is 10.6. The number of carbonyl (C=O) groups is 2. The standard InChI is InChI=1S/C15H14O3/c1-10(2)18-15(17)14-8-7-11(9-16)12-5-3-4-6-13(12)14/h3-10H,1-2H3. The number of hydrogen-bond donors (Lipinski definition) is 0. The van der Waals surface area contributed by atoms with Crippen LogP contribution in [0.4, 0.5) is 0 Å². The van der Waals surface area contributed by atoms with Crippen molar-refractivity contribution in [2.75, 3.05) is 0 Å². The maximum Gasteiger partial charge on any atom is 0.339 e. The Hall–Kier alpha value is -2.16. The van der Waals surface area contributed by atoms with Crippen LogP contribution in [-0.2, 0) is 4.74 Å². The van der Waals surface area contributed by atoms with E-state index in [9.17, 15) is 9.59 Å². The van der Waals surface area contributed by atoms with Gasteiger partial charge in [-0.2, -0.15) is 0 Å². The smallest absolute Gasteiger partial charge is 0.339 e. The number of ether oxygens (including phenoxy) is 1. The number of rotatable bonds is 3. The zero-order valence-electron chi connectivity index (χ0n) is 10.3. The van der Waals surface area contributed by atoms with Crippen LogP contribution in [0, 0.1) is 0 Å². The first-order valence-electron chi connectivity index (χ1n) is 5.81. The highest BCUT2D eigenvalue weighted by Gasteiger charge is 2.14. The number of esters is 1. The summed E-state index contributed by atoms with van der Waals surface area (Å²) < 4.78 is 5.19. The maximum absolute atomic E-state index is 12.0. The Morgan fingerprint density at radius 1 is 1.11 bits per heavy atom. The second kappa shape index (κ2) is 5.00. The highest BCUT2D eigenvalue weighted by Crippen LogP contribution is 2.22. The first-order chi connectivity index (χ1) is 8.63. The third kappa shape index (κ3) is 2.25. The molecule has 0 fully saturated rings. The number of benzene rings is 2. The Bertz CT molecular complexity index is 600.